The third-order valence-electron chi connectivity index (χ3n) is 12.0. The van der Waals surface area contributed by atoms with Gasteiger partial charge >= 0.3 is 5.69 Å². The molecule has 0 spiro atoms. The molecule has 1 saturated heterocycles. The van der Waals surface area contributed by atoms with Crippen LogP contribution in [0.2, 0.25) is 54.4 Å². The minimum atomic E-state index is -2.46. The van der Waals surface area contributed by atoms with Crippen LogP contribution in [0.1, 0.15) is 91.1 Å². The fourth-order valence-corrected chi connectivity index (χ4v) is 9.23. The lowest BCUT2D eigenvalue weighted by Gasteiger charge is -2.44. The third-order valence-corrected chi connectivity index (χ3v) is 25.5. The van der Waals surface area contributed by atoms with Crippen LogP contribution in [0.15, 0.2) is 76.4 Å². The predicted octanol–water partition coefficient (Wildman–Crippen LogP) is 9.42. The molecule has 1 fully saturated rings. The van der Waals surface area contributed by atoms with Crippen LogP contribution in [0.25, 0.3) is 0 Å². The van der Waals surface area contributed by atoms with Crippen molar-refractivity contribution in [3.8, 4) is 0 Å². The molecule has 1 aliphatic rings. The van der Waals surface area contributed by atoms with Crippen molar-refractivity contribution in [1.82, 2.24) is 9.55 Å². The Bertz CT molecular complexity index is 1690. The Kier molecular flexibility index (Phi) is 12.0. The smallest absolute Gasteiger partial charge is 0.330 e. The van der Waals surface area contributed by atoms with E-state index in [9.17, 15) is 9.59 Å². The fraction of sp³-hybridized carbons (Fsp3) is 0.600. The number of H-pyrrole nitrogens is 1. The molecule has 4 rings (SSSR count). The van der Waals surface area contributed by atoms with Crippen LogP contribution in [0, 0.1) is 0 Å². The zero-order valence-electron chi connectivity index (χ0n) is 33.8. The second-order valence-electron chi connectivity index (χ2n) is 18.8. The molecule has 0 bridgehead atoms. The van der Waals surface area contributed by atoms with Crippen molar-refractivity contribution < 1.29 is 18.0 Å². The van der Waals surface area contributed by atoms with Crippen LogP contribution in [0.5, 0.6) is 0 Å². The Hall–Kier alpha value is -2.39. The molecule has 11 heteroatoms. The molecule has 1 N–H and O–H groups in total. The molecular formula is C40H64N2O6Si3. The van der Waals surface area contributed by atoms with E-state index in [2.05, 4.69) is 107 Å². The molecule has 0 radical (unpaired) electrons. The highest BCUT2D eigenvalue weighted by molar-refractivity contribution is 6.75. The number of aromatic amines is 1. The van der Waals surface area contributed by atoms with E-state index in [1.807, 2.05) is 60.7 Å². The quantitative estimate of drug-likeness (QED) is 0.196. The standard InChI is InChI=1S/C40H64N2O6Si3/c1-38(2,3)49(10,11)45-27-31-33(47-50(12,13)39(4,5)6)34(48-51(14,15)40(7,8)9)36(46-31)42-26-30(35(43)41-37(42)44)32(28-22-18-16-19-23-28)29-24-20-17-21-25-29/h16-26,31-34,36H,27H2,1-15H3,(H,41,43,44)/t31-,33-,34-,36-/m1/s1. The van der Waals surface area contributed by atoms with E-state index in [1.165, 1.54) is 0 Å². The van der Waals surface area contributed by atoms with Gasteiger partial charge in [0.05, 0.1) is 6.61 Å². The molecule has 2 heterocycles. The monoisotopic (exact) mass is 752 g/mol. The van der Waals surface area contributed by atoms with Crippen LogP contribution in [0.4, 0.5) is 0 Å². The van der Waals surface area contributed by atoms with Crippen molar-refractivity contribution in [2.45, 2.75) is 147 Å². The van der Waals surface area contributed by atoms with Gasteiger partial charge in [-0.15, -0.1) is 0 Å². The first-order valence-corrected chi connectivity index (χ1v) is 27.1. The van der Waals surface area contributed by atoms with E-state index in [1.54, 1.807) is 10.8 Å². The van der Waals surface area contributed by atoms with Crippen molar-refractivity contribution >= 4 is 25.0 Å². The van der Waals surface area contributed by atoms with Crippen molar-refractivity contribution in [3.05, 3.63) is 104 Å². The molecule has 2 aromatic carbocycles. The maximum Gasteiger partial charge on any atom is 0.330 e. The van der Waals surface area contributed by atoms with Gasteiger partial charge in [-0.2, -0.15) is 0 Å². The van der Waals surface area contributed by atoms with Gasteiger partial charge in [0.15, 0.2) is 31.2 Å². The van der Waals surface area contributed by atoms with Crippen molar-refractivity contribution in [1.29, 1.82) is 0 Å². The number of nitrogens with zero attached hydrogens (tertiary/aromatic N) is 1. The van der Waals surface area contributed by atoms with Gasteiger partial charge in [0.25, 0.3) is 5.56 Å². The second-order valence-corrected chi connectivity index (χ2v) is 33.1. The Labute approximate surface area is 309 Å². The van der Waals surface area contributed by atoms with E-state index in [4.69, 9.17) is 18.0 Å². The van der Waals surface area contributed by atoms with E-state index in [0.29, 0.717) is 12.2 Å². The molecule has 51 heavy (non-hydrogen) atoms. The number of nitrogens with one attached hydrogen (secondary N) is 1. The van der Waals surface area contributed by atoms with Gasteiger partial charge in [0.1, 0.15) is 18.3 Å². The van der Waals surface area contributed by atoms with Gasteiger partial charge in [0, 0.05) is 17.7 Å². The molecule has 1 aliphatic heterocycles. The SMILES string of the molecule is CC(C)(C)[Si](C)(C)OC[C@H]1O[C@@H](n2cc(C(c3ccccc3)c3ccccc3)c(=O)[nH]c2=O)[C@H](O[Si](C)(C)C(C)(C)C)[C@@H]1O[Si](C)(C)C(C)(C)C. The average Bonchev–Trinajstić information content (AvgIpc) is 3.31. The van der Waals surface area contributed by atoms with E-state index < -0.39 is 66.7 Å². The molecule has 0 saturated carbocycles. The van der Waals surface area contributed by atoms with E-state index in [-0.39, 0.29) is 15.1 Å². The molecule has 4 atom stereocenters. The van der Waals surface area contributed by atoms with Crippen molar-refractivity contribution in [2.75, 3.05) is 6.61 Å². The van der Waals surface area contributed by atoms with Gasteiger partial charge < -0.3 is 18.0 Å². The maximum absolute atomic E-state index is 14.0. The number of hydrogen-bond donors (Lipinski definition) is 1. The average molecular weight is 753 g/mol. The maximum atomic E-state index is 14.0. The zero-order valence-corrected chi connectivity index (χ0v) is 36.8. The molecule has 0 unspecified atom stereocenters. The lowest BCUT2D eigenvalue weighted by atomic mass is 9.86. The van der Waals surface area contributed by atoms with Crippen LogP contribution < -0.4 is 11.2 Å². The molecule has 8 nitrogen and oxygen atoms in total. The van der Waals surface area contributed by atoms with E-state index in [0.717, 1.165) is 11.1 Å². The summed E-state index contributed by atoms with van der Waals surface area (Å²) in [5, 5.41) is -0.216. The predicted molar refractivity (Wildman–Crippen MR) is 216 cm³/mol. The van der Waals surface area contributed by atoms with Gasteiger partial charge in [-0.3, -0.25) is 14.3 Å². The largest absolute Gasteiger partial charge is 0.414 e. The number of benzene rings is 2. The minimum Gasteiger partial charge on any atom is -0.414 e. The number of rotatable bonds is 11. The minimum absolute atomic E-state index is 0.00746. The van der Waals surface area contributed by atoms with Crippen LogP contribution in [0.3, 0.4) is 0 Å². The highest BCUT2D eigenvalue weighted by Crippen LogP contribution is 2.46. The summed E-state index contributed by atoms with van der Waals surface area (Å²) in [6.45, 7) is 33.7. The molecule has 0 aliphatic carbocycles. The van der Waals surface area contributed by atoms with Crippen LogP contribution in [-0.2, 0) is 18.0 Å². The highest BCUT2D eigenvalue weighted by atomic mass is 28.4. The van der Waals surface area contributed by atoms with Crippen molar-refractivity contribution in [3.63, 3.8) is 0 Å². The summed E-state index contributed by atoms with van der Waals surface area (Å²) < 4.78 is 30.0. The summed E-state index contributed by atoms with van der Waals surface area (Å²) in [4.78, 5) is 30.5. The summed E-state index contributed by atoms with van der Waals surface area (Å²) in [7, 11) is -7.04. The highest BCUT2D eigenvalue weighted by Gasteiger charge is 2.55. The summed E-state index contributed by atoms with van der Waals surface area (Å²) >= 11 is 0. The Balaban J connectivity index is 1.94. The first-order valence-electron chi connectivity index (χ1n) is 18.4. The normalized spacial score (nSPS) is 21.0. The van der Waals surface area contributed by atoms with Crippen LogP contribution >= 0.6 is 0 Å². The molecule has 0 amide bonds. The van der Waals surface area contributed by atoms with Crippen LogP contribution in [-0.4, -0.2) is 59.4 Å². The zero-order chi connectivity index (χ0) is 38.4. The fourth-order valence-electron chi connectivity index (χ4n) is 5.61. The summed E-state index contributed by atoms with van der Waals surface area (Å²) in [5.74, 6) is -0.416. The lowest BCUT2D eigenvalue weighted by Crippen LogP contribution is -2.55. The van der Waals surface area contributed by atoms with Gasteiger partial charge in [-0.25, -0.2) is 4.79 Å². The number of ether oxygens (including phenoxy) is 1. The summed E-state index contributed by atoms with van der Waals surface area (Å²) in [6, 6.07) is 19.8. The second kappa shape index (κ2) is 14.8. The van der Waals surface area contributed by atoms with Gasteiger partial charge in [-0.1, -0.05) is 123 Å². The Morgan fingerprint density at radius 3 is 1.55 bits per heavy atom. The van der Waals surface area contributed by atoms with Gasteiger partial charge in [0.2, 0.25) is 0 Å². The Morgan fingerprint density at radius 2 is 1.12 bits per heavy atom. The summed E-state index contributed by atoms with van der Waals surface area (Å²) in [5.41, 5.74) is 1.36. The van der Waals surface area contributed by atoms with E-state index >= 15 is 0 Å². The Morgan fingerprint density at radius 1 is 0.686 bits per heavy atom. The topological polar surface area (TPSA) is 91.8 Å². The molecule has 1 aromatic heterocycles. The first kappa shape index (κ1) is 41.4. The lowest BCUT2D eigenvalue weighted by molar-refractivity contribution is -0.0511. The number of hydrogen-bond acceptors (Lipinski definition) is 6. The van der Waals surface area contributed by atoms with Gasteiger partial charge in [-0.05, 0) is 65.5 Å². The molecule has 282 valence electrons. The third kappa shape index (κ3) is 9.05. The molecule has 3 aromatic rings. The number of aromatic nitrogens is 2. The van der Waals surface area contributed by atoms with Crippen molar-refractivity contribution in [2.24, 2.45) is 0 Å². The summed E-state index contributed by atoms with van der Waals surface area (Å²) in [6.07, 6.45) is -0.807. The molecular weight excluding hydrogens is 689 g/mol. The first-order chi connectivity index (χ1) is 23.3.